The van der Waals surface area contributed by atoms with Gasteiger partial charge in [0.05, 0.1) is 14.2 Å². The average Bonchev–Trinajstić information content (AvgIpc) is 2.81. The van der Waals surface area contributed by atoms with Gasteiger partial charge < -0.3 is 14.8 Å². The molecule has 18 heavy (non-hydrogen) atoms. The van der Waals surface area contributed by atoms with Gasteiger partial charge in [-0.2, -0.15) is 0 Å². The number of ether oxygens (including phenoxy) is 2. The molecule has 0 aliphatic heterocycles. The Bertz CT molecular complexity index is 431. The van der Waals surface area contributed by atoms with Crippen LogP contribution in [0, 0.1) is 0 Å². The Kier molecular flexibility index (Phi) is 4.07. The van der Waals surface area contributed by atoms with Gasteiger partial charge >= 0.3 is 6.09 Å². The highest BCUT2D eigenvalue weighted by Gasteiger charge is 2.22. The van der Waals surface area contributed by atoms with E-state index in [1.807, 2.05) is 6.07 Å². The van der Waals surface area contributed by atoms with Gasteiger partial charge in [-0.15, -0.1) is 0 Å². The zero-order valence-electron chi connectivity index (χ0n) is 10.9. The van der Waals surface area contributed by atoms with Crippen molar-refractivity contribution in [3.8, 4) is 5.75 Å². The van der Waals surface area contributed by atoms with Crippen molar-refractivity contribution in [3.63, 3.8) is 0 Å². The van der Waals surface area contributed by atoms with E-state index in [9.17, 15) is 4.79 Å². The summed E-state index contributed by atoms with van der Waals surface area (Å²) in [5, 5.41) is 2.73. The van der Waals surface area contributed by atoms with Crippen LogP contribution in [0.15, 0.2) is 18.2 Å². The largest absolute Gasteiger partial charge is 0.497 e. The third-order valence-electron chi connectivity index (χ3n) is 3.50. The Morgan fingerprint density at radius 2 is 2.28 bits per heavy atom. The van der Waals surface area contributed by atoms with Gasteiger partial charge in [0.25, 0.3) is 0 Å². The number of methoxy groups -OCH3 is 2. The Hall–Kier alpha value is -1.71. The molecule has 1 unspecified atom stereocenters. The minimum absolute atomic E-state index is 0.362. The van der Waals surface area contributed by atoms with Crippen LogP contribution in [0.2, 0.25) is 0 Å². The van der Waals surface area contributed by atoms with Crippen molar-refractivity contribution in [2.24, 2.45) is 0 Å². The lowest BCUT2D eigenvalue weighted by molar-refractivity contribution is 0.170. The molecule has 0 heterocycles. The quantitative estimate of drug-likeness (QED) is 0.891. The van der Waals surface area contributed by atoms with Crippen LogP contribution in [0.4, 0.5) is 4.79 Å². The van der Waals surface area contributed by atoms with Crippen molar-refractivity contribution in [2.75, 3.05) is 20.8 Å². The number of hydrogen-bond acceptors (Lipinski definition) is 3. The topological polar surface area (TPSA) is 47.6 Å². The summed E-state index contributed by atoms with van der Waals surface area (Å²) >= 11 is 0. The van der Waals surface area contributed by atoms with Gasteiger partial charge in [0.15, 0.2) is 0 Å². The molecular formula is C14H19NO3. The van der Waals surface area contributed by atoms with Crippen LogP contribution in [0.1, 0.15) is 29.9 Å². The summed E-state index contributed by atoms with van der Waals surface area (Å²) < 4.78 is 9.81. The van der Waals surface area contributed by atoms with Crippen molar-refractivity contribution < 1.29 is 14.3 Å². The van der Waals surface area contributed by atoms with Crippen molar-refractivity contribution in [1.29, 1.82) is 0 Å². The summed E-state index contributed by atoms with van der Waals surface area (Å²) in [6.45, 7) is 0.647. The number of carbonyl (C=O) groups excluding carboxylic acids is 1. The SMILES string of the molecule is COC(=O)NCCC1CCc2ccc(OC)cc21. The summed E-state index contributed by atoms with van der Waals surface area (Å²) in [5.74, 6) is 1.41. The Balaban J connectivity index is 1.95. The lowest BCUT2D eigenvalue weighted by Gasteiger charge is -2.12. The molecule has 1 N–H and O–H groups in total. The van der Waals surface area contributed by atoms with Gasteiger partial charge in [0.1, 0.15) is 5.75 Å². The predicted molar refractivity (Wildman–Crippen MR) is 69.1 cm³/mol. The molecule has 0 spiro atoms. The number of alkyl carbamates (subject to hydrolysis) is 1. The van der Waals surface area contributed by atoms with E-state index in [2.05, 4.69) is 22.2 Å². The molecule has 1 aliphatic rings. The molecule has 2 rings (SSSR count). The van der Waals surface area contributed by atoms with E-state index >= 15 is 0 Å². The molecule has 98 valence electrons. The van der Waals surface area contributed by atoms with Gasteiger partial charge in [-0.3, -0.25) is 0 Å². The van der Waals surface area contributed by atoms with Gasteiger partial charge in [0, 0.05) is 6.54 Å². The summed E-state index contributed by atoms with van der Waals surface area (Å²) in [6, 6.07) is 6.26. The van der Waals surface area contributed by atoms with E-state index in [4.69, 9.17) is 4.74 Å². The second-order valence-corrected chi connectivity index (χ2v) is 4.51. The van der Waals surface area contributed by atoms with Crippen molar-refractivity contribution in [3.05, 3.63) is 29.3 Å². The third kappa shape index (κ3) is 2.75. The molecule has 0 bridgehead atoms. The normalized spacial score (nSPS) is 17.1. The van der Waals surface area contributed by atoms with Crippen LogP contribution in [0.3, 0.4) is 0 Å². The number of aryl methyl sites for hydroxylation is 1. The molecule has 0 radical (unpaired) electrons. The zero-order valence-corrected chi connectivity index (χ0v) is 10.9. The molecule has 1 atom stereocenters. The Morgan fingerprint density at radius 3 is 3.00 bits per heavy atom. The molecule has 0 fully saturated rings. The molecule has 4 heteroatoms. The molecule has 0 saturated heterocycles. The van der Waals surface area contributed by atoms with Crippen LogP contribution < -0.4 is 10.1 Å². The van der Waals surface area contributed by atoms with Gasteiger partial charge in [0.2, 0.25) is 0 Å². The second kappa shape index (κ2) is 5.76. The molecule has 1 aromatic carbocycles. The van der Waals surface area contributed by atoms with E-state index in [1.54, 1.807) is 7.11 Å². The smallest absolute Gasteiger partial charge is 0.406 e. The second-order valence-electron chi connectivity index (χ2n) is 4.51. The fourth-order valence-corrected chi connectivity index (χ4v) is 2.51. The minimum Gasteiger partial charge on any atom is -0.497 e. The fourth-order valence-electron chi connectivity index (χ4n) is 2.51. The van der Waals surface area contributed by atoms with Gasteiger partial charge in [-0.25, -0.2) is 4.79 Å². The predicted octanol–water partition coefficient (Wildman–Crippen LogP) is 2.47. The standard InChI is InChI=1S/C14H19NO3/c1-17-12-6-5-10-3-4-11(13(10)9-12)7-8-15-14(16)18-2/h5-6,9,11H,3-4,7-8H2,1-2H3,(H,15,16). The average molecular weight is 249 g/mol. The fraction of sp³-hybridized carbons (Fsp3) is 0.500. The van der Waals surface area contributed by atoms with Crippen LogP contribution >= 0.6 is 0 Å². The molecule has 0 aromatic heterocycles. The van der Waals surface area contributed by atoms with Crippen molar-refractivity contribution in [1.82, 2.24) is 5.32 Å². The monoisotopic (exact) mass is 249 g/mol. The number of hydrogen-bond donors (Lipinski definition) is 1. The van der Waals surface area contributed by atoms with Crippen LogP contribution in [0.5, 0.6) is 5.75 Å². The molecule has 1 amide bonds. The summed E-state index contributed by atoms with van der Waals surface area (Å²) in [7, 11) is 3.07. The Morgan fingerprint density at radius 1 is 1.44 bits per heavy atom. The maximum atomic E-state index is 11.0. The van der Waals surface area contributed by atoms with E-state index in [0.717, 1.165) is 25.0 Å². The third-order valence-corrected chi connectivity index (χ3v) is 3.50. The highest BCUT2D eigenvalue weighted by molar-refractivity contribution is 5.66. The van der Waals surface area contributed by atoms with Gasteiger partial charge in [-0.05, 0) is 48.4 Å². The molecule has 1 aromatic rings. The number of fused-ring (bicyclic) bond motifs is 1. The highest BCUT2D eigenvalue weighted by atomic mass is 16.5. The van der Waals surface area contributed by atoms with Crippen molar-refractivity contribution in [2.45, 2.75) is 25.2 Å². The summed E-state index contributed by atoms with van der Waals surface area (Å²) in [6.07, 6.45) is 2.84. The summed E-state index contributed by atoms with van der Waals surface area (Å²) in [4.78, 5) is 11.0. The number of rotatable bonds is 4. The maximum absolute atomic E-state index is 11.0. The summed E-state index contributed by atoms with van der Waals surface area (Å²) in [5.41, 5.74) is 2.76. The first kappa shape index (κ1) is 12.7. The van der Waals surface area contributed by atoms with Gasteiger partial charge in [-0.1, -0.05) is 6.07 Å². The van der Waals surface area contributed by atoms with E-state index in [0.29, 0.717) is 12.5 Å². The molecule has 1 aliphatic carbocycles. The van der Waals surface area contributed by atoms with Crippen LogP contribution in [-0.2, 0) is 11.2 Å². The number of amides is 1. The first-order valence-corrected chi connectivity index (χ1v) is 6.23. The van der Waals surface area contributed by atoms with Crippen LogP contribution in [-0.4, -0.2) is 26.9 Å². The van der Waals surface area contributed by atoms with E-state index in [-0.39, 0.29) is 6.09 Å². The number of benzene rings is 1. The lowest BCUT2D eigenvalue weighted by Crippen LogP contribution is -2.25. The highest BCUT2D eigenvalue weighted by Crippen LogP contribution is 2.37. The minimum atomic E-state index is -0.362. The van der Waals surface area contributed by atoms with Crippen molar-refractivity contribution >= 4 is 6.09 Å². The first-order valence-electron chi connectivity index (χ1n) is 6.23. The number of carbonyl (C=O) groups is 1. The van der Waals surface area contributed by atoms with E-state index in [1.165, 1.54) is 18.2 Å². The van der Waals surface area contributed by atoms with Crippen LogP contribution in [0.25, 0.3) is 0 Å². The molecule has 4 nitrogen and oxygen atoms in total. The Labute approximate surface area is 107 Å². The number of nitrogens with one attached hydrogen (secondary N) is 1. The molecular weight excluding hydrogens is 230 g/mol. The zero-order chi connectivity index (χ0) is 13.0. The maximum Gasteiger partial charge on any atom is 0.406 e. The van der Waals surface area contributed by atoms with E-state index < -0.39 is 0 Å². The lowest BCUT2D eigenvalue weighted by atomic mass is 9.97. The molecule has 0 saturated carbocycles. The first-order chi connectivity index (χ1) is 8.74.